The van der Waals surface area contributed by atoms with E-state index in [-0.39, 0.29) is 0 Å². The van der Waals surface area contributed by atoms with E-state index in [0.717, 1.165) is 16.8 Å². The molecule has 3 aliphatic rings. The van der Waals surface area contributed by atoms with Crippen molar-refractivity contribution in [1.82, 2.24) is 9.55 Å². The summed E-state index contributed by atoms with van der Waals surface area (Å²) in [6, 6.07) is -0.550. The van der Waals surface area contributed by atoms with Gasteiger partial charge in [-0.2, -0.15) is 0 Å². The van der Waals surface area contributed by atoms with Gasteiger partial charge in [0.1, 0.15) is 61.0 Å². The van der Waals surface area contributed by atoms with Gasteiger partial charge in [0, 0.05) is 17.2 Å². The number of rotatable bonds is 9. The summed E-state index contributed by atoms with van der Waals surface area (Å²) < 4.78 is 28.4. The number of nitrogens with one attached hydrogen (secondary N) is 1. The lowest BCUT2D eigenvalue weighted by Crippen LogP contribution is -2.64. The maximum absolute atomic E-state index is 12.1. The van der Waals surface area contributed by atoms with Gasteiger partial charge in [0.15, 0.2) is 18.8 Å². The van der Waals surface area contributed by atoms with Crippen LogP contribution in [0.1, 0.15) is 6.23 Å². The normalized spacial score (nSPS) is 43.0. The Labute approximate surface area is 229 Å². The third-order valence-electron chi connectivity index (χ3n) is 7.03. The van der Waals surface area contributed by atoms with E-state index in [1.54, 1.807) is 0 Å². The molecule has 20 nitrogen and oxygen atoms in total. The largest absolute Gasteiger partial charge is 0.394 e. The number of nitrogens with zero attached hydrogens (tertiary/aromatic N) is 4. The van der Waals surface area contributed by atoms with E-state index < -0.39 is 117 Å². The Bertz CT molecular complexity index is 1190. The number of azide groups is 1. The molecule has 3 fully saturated rings. The monoisotopic (exact) mass is 593 g/mol. The minimum atomic E-state index is -1.85. The minimum absolute atomic E-state index is 0.544. The third kappa shape index (κ3) is 6.30. The summed E-state index contributed by atoms with van der Waals surface area (Å²) in [7, 11) is 0. The lowest BCUT2D eigenvalue weighted by atomic mass is 9.96. The Balaban J connectivity index is 1.46. The van der Waals surface area contributed by atoms with E-state index in [1.165, 1.54) is 0 Å². The van der Waals surface area contributed by atoms with Crippen molar-refractivity contribution in [3.63, 3.8) is 0 Å². The summed E-state index contributed by atoms with van der Waals surface area (Å²) in [4.78, 5) is 28.0. The Hall–Kier alpha value is -2.53. The van der Waals surface area contributed by atoms with E-state index in [1.807, 2.05) is 4.98 Å². The topological polar surface area (TPSA) is 312 Å². The fraction of sp³-hybridized carbons (Fsp3) is 0.810. The van der Waals surface area contributed by atoms with Crippen molar-refractivity contribution in [3.8, 4) is 0 Å². The van der Waals surface area contributed by atoms with Crippen molar-refractivity contribution < 1.29 is 64.5 Å². The maximum Gasteiger partial charge on any atom is 0.330 e. The van der Waals surface area contributed by atoms with Gasteiger partial charge in [0.25, 0.3) is 5.56 Å². The zero-order chi connectivity index (χ0) is 30.0. The molecule has 0 unspecified atom stereocenters. The van der Waals surface area contributed by atoms with Crippen LogP contribution in [0.5, 0.6) is 0 Å². The zero-order valence-electron chi connectivity index (χ0n) is 21.1. The highest BCUT2D eigenvalue weighted by atomic mass is 16.7. The lowest BCUT2D eigenvalue weighted by Gasteiger charge is -2.46. The molecule has 0 spiro atoms. The molecule has 0 amide bonds. The molecule has 0 bridgehead atoms. The van der Waals surface area contributed by atoms with Crippen LogP contribution in [-0.4, -0.2) is 150 Å². The summed E-state index contributed by atoms with van der Waals surface area (Å²) in [5, 5.41) is 84.8. The van der Waals surface area contributed by atoms with Crippen molar-refractivity contribution in [2.24, 2.45) is 5.11 Å². The molecule has 3 aliphatic heterocycles. The highest BCUT2D eigenvalue weighted by Crippen LogP contribution is 2.33. The van der Waals surface area contributed by atoms with Gasteiger partial charge in [-0.3, -0.25) is 14.3 Å². The fourth-order valence-electron chi connectivity index (χ4n) is 4.79. The molecule has 41 heavy (non-hydrogen) atoms. The van der Waals surface area contributed by atoms with Crippen molar-refractivity contribution in [1.29, 1.82) is 0 Å². The molecule has 1 aromatic heterocycles. The first-order valence-electron chi connectivity index (χ1n) is 12.4. The quantitative estimate of drug-likeness (QED) is 0.0731. The van der Waals surface area contributed by atoms with Crippen LogP contribution in [0.25, 0.3) is 10.4 Å². The van der Waals surface area contributed by atoms with Crippen LogP contribution in [0.4, 0.5) is 0 Å². The second kappa shape index (κ2) is 13.2. The Kier molecular flexibility index (Phi) is 10.1. The van der Waals surface area contributed by atoms with Gasteiger partial charge in [0.05, 0.1) is 25.9 Å². The molecule has 9 N–H and O–H groups in total. The number of aromatic amines is 1. The third-order valence-corrected chi connectivity index (χ3v) is 7.03. The van der Waals surface area contributed by atoms with Crippen LogP contribution >= 0.6 is 0 Å². The van der Waals surface area contributed by atoms with E-state index in [9.17, 15) is 50.4 Å². The second-order valence-electron chi connectivity index (χ2n) is 9.61. The Morgan fingerprint density at radius 2 is 1.54 bits per heavy atom. The predicted molar refractivity (Wildman–Crippen MR) is 127 cm³/mol. The molecule has 0 saturated carbocycles. The van der Waals surface area contributed by atoms with Crippen molar-refractivity contribution in [2.75, 3.05) is 19.8 Å². The van der Waals surface area contributed by atoms with Gasteiger partial charge in [-0.15, -0.1) is 0 Å². The van der Waals surface area contributed by atoms with Crippen LogP contribution in [-0.2, 0) is 23.7 Å². The number of aromatic nitrogens is 2. The van der Waals surface area contributed by atoms with Gasteiger partial charge in [-0.1, -0.05) is 5.11 Å². The highest BCUT2D eigenvalue weighted by molar-refractivity contribution is 4.98. The molecule has 0 aromatic carbocycles. The van der Waals surface area contributed by atoms with Gasteiger partial charge < -0.3 is 64.5 Å². The van der Waals surface area contributed by atoms with Crippen LogP contribution < -0.4 is 11.2 Å². The molecule has 0 radical (unpaired) electrons. The Morgan fingerprint density at radius 3 is 2.17 bits per heavy atom. The van der Waals surface area contributed by atoms with Gasteiger partial charge in [0.2, 0.25) is 0 Å². The van der Waals surface area contributed by atoms with Crippen molar-refractivity contribution >= 4 is 0 Å². The summed E-state index contributed by atoms with van der Waals surface area (Å²) in [5.74, 6) is 0. The molecule has 1 aromatic rings. The average Bonchev–Trinajstić information content (AvgIpc) is 3.23. The van der Waals surface area contributed by atoms with Crippen LogP contribution in [0.2, 0.25) is 0 Å². The summed E-state index contributed by atoms with van der Waals surface area (Å²) in [6.07, 6.45) is -19.5. The van der Waals surface area contributed by atoms with E-state index in [2.05, 4.69) is 10.0 Å². The number of H-pyrrole nitrogens is 1. The van der Waals surface area contributed by atoms with E-state index in [0.29, 0.717) is 0 Å². The van der Waals surface area contributed by atoms with Gasteiger partial charge in [-0.25, -0.2) is 4.79 Å². The standard InChI is InChI=1S/C21H31N5O15/c22-25-24-10-13(32)17(41-20-16(35)14(33)11(30)6(3-27)39-20)7(4-28)40-19(10)37-5-8-12(31)15(34)18(38-8)26-2-1-9(29)23-21(26)36/h1-2,6-8,10-20,27-28,30-35H,3-5H2,(H,23,29,36)/t6-,7-,8-,10+,11+,12-,13-,14+,15-,16-,17-,18-,19+,20+/m1/s1. The first kappa shape index (κ1) is 31.4. The first-order valence-corrected chi connectivity index (χ1v) is 12.4. The zero-order valence-corrected chi connectivity index (χ0v) is 21.1. The van der Waals surface area contributed by atoms with Gasteiger partial charge in [-0.05, 0) is 5.53 Å². The minimum Gasteiger partial charge on any atom is -0.394 e. The molecule has 4 rings (SSSR count). The fourth-order valence-corrected chi connectivity index (χ4v) is 4.79. The van der Waals surface area contributed by atoms with E-state index in [4.69, 9.17) is 29.2 Å². The number of hydrogen-bond donors (Lipinski definition) is 9. The Morgan fingerprint density at radius 1 is 0.878 bits per heavy atom. The van der Waals surface area contributed by atoms with Crippen LogP contribution in [0.15, 0.2) is 27.0 Å². The molecular formula is C21H31N5O15. The number of aliphatic hydroxyl groups is 8. The molecule has 14 atom stereocenters. The highest BCUT2D eigenvalue weighted by Gasteiger charge is 2.52. The molecular weight excluding hydrogens is 562 g/mol. The maximum atomic E-state index is 12.1. The summed E-state index contributed by atoms with van der Waals surface area (Å²) >= 11 is 0. The second-order valence-corrected chi connectivity index (χ2v) is 9.61. The number of ether oxygens (including phenoxy) is 5. The molecule has 20 heteroatoms. The van der Waals surface area contributed by atoms with E-state index >= 15 is 0 Å². The number of hydrogen-bond acceptors (Lipinski definition) is 16. The van der Waals surface area contributed by atoms with Crippen molar-refractivity contribution in [2.45, 2.75) is 85.9 Å². The molecule has 3 saturated heterocycles. The number of aliphatic hydroxyl groups excluding tert-OH is 8. The smallest absolute Gasteiger partial charge is 0.330 e. The average molecular weight is 593 g/mol. The molecule has 230 valence electrons. The van der Waals surface area contributed by atoms with Crippen molar-refractivity contribution in [3.05, 3.63) is 43.5 Å². The summed E-state index contributed by atoms with van der Waals surface area (Å²) in [5.41, 5.74) is 7.46. The lowest BCUT2D eigenvalue weighted by molar-refractivity contribution is -0.348. The van der Waals surface area contributed by atoms with Crippen LogP contribution in [0, 0.1) is 0 Å². The predicted octanol–water partition coefficient (Wildman–Crippen LogP) is -5.89. The SMILES string of the molecule is [N-]=[N+]=N[C@@H]1[C@@H](OC[C@H]2O[C@@H](n3ccc(=O)[nH]c3=O)[C@H](O)[C@@H]2O)O[C@H](CO)[C@@H](O[C@@H]2O[C@H](CO)[C@H](O)[C@H](O)[C@H]2O)[C@@H]1O. The van der Waals surface area contributed by atoms with Crippen LogP contribution in [0.3, 0.4) is 0 Å². The molecule has 0 aliphatic carbocycles. The van der Waals surface area contributed by atoms with Gasteiger partial charge >= 0.3 is 5.69 Å². The molecule has 4 heterocycles. The summed E-state index contributed by atoms with van der Waals surface area (Å²) in [6.45, 7) is -2.10. The first-order chi connectivity index (χ1) is 19.5.